The molecule has 0 radical (unpaired) electrons. The van der Waals surface area contributed by atoms with Crippen molar-refractivity contribution in [1.29, 1.82) is 0 Å². The van der Waals surface area contributed by atoms with Crippen molar-refractivity contribution in [3.63, 3.8) is 0 Å². The van der Waals surface area contributed by atoms with Gasteiger partial charge in [0.25, 0.3) is 23.6 Å². The van der Waals surface area contributed by atoms with E-state index in [9.17, 15) is 19.2 Å². The Bertz CT molecular complexity index is 1050. The predicted molar refractivity (Wildman–Crippen MR) is 114 cm³/mol. The van der Waals surface area contributed by atoms with Crippen molar-refractivity contribution in [2.24, 2.45) is 5.92 Å². The Balaban J connectivity index is 1.95. The Labute approximate surface area is 175 Å². The molecule has 0 bridgehead atoms. The number of hydrogen-bond donors (Lipinski definition) is 0. The molecule has 30 heavy (non-hydrogen) atoms. The molecular weight excluding hydrogens is 380 g/mol. The number of imide groups is 2. The Morgan fingerprint density at radius 3 is 1.37 bits per heavy atom. The number of hydrogen-bond acceptors (Lipinski definition) is 4. The molecule has 4 rings (SSSR count). The summed E-state index contributed by atoms with van der Waals surface area (Å²) in [5.41, 5.74) is 1.49. The van der Waals surface area contributed by atoms with Crippen molar-refractivity contribution in [2.45, 2.75) is 59.5 Å². The van der Waals surface area contributed by atoms with Crippen molar-refractivity contribution in [3.8, 4) is 0 Å². The molecule has 0 fully saturated rings. The van der Waals surface area contributed by atoms with Crippen LogP contribution in [-0.4, -0.2) is 45.5 Å². The van der Waals surface area contributed by atoms with Gasteiger partial charge in [0, 0.05) is 45.1 Å². The third-order valence-corrected chi connectivity index (χ3v) is 6.48. The average molecular weight is 406 g/mol. The molecule has 2 heterocycles. The first-order chi connectivity index (χ1) is 14.2. The zero-order valence-corrected chi connectivity index (χ0v) is 18.0. The lowest BCUT2D eigenvalue weighted by atomic mass is 9.84. The van der Waals surface area contributed by atoms with Crippen LogP contribution in [0.4, 0.5) is 0 Å². The second-order valence-electron chi connectivity index (χ2n) is 8.65. The summed E-state index contributed by atoms with van der Waals surface area (Å²) < 4.78 is 0. The van der Waals surface area contributed by atoms with Crippen LogP contribution in [0.1, 0.15) is 88.9 Å². The Morgan fingerprint density at radius 2 is 1.03 bits per heavy atom. The molecule has 2 atom stereocenters. The van der Waals surface area contributed by atoms with Crippen molar-refractivity contribution >= 4 is 34.4 Å². The van der Waals surface area contributed by atoms with Crippen LogP contribution in [0, 0.1) is 5.92 Å². The molecule has 0 N–H and O–H groups in total. The Hall–Kier alpha value is -3.02. The monoisotopic (exact) mass is 406 g/mol. The van der Waals surface area contributed by atoms with E-state index < -0.39 is 0 Å². The van der Waals surface area contributed by atoms with Crippen molar-refractivity contribution in [3.05, 3.63) is 46.5 Å². The highest BCUT2D eigenvalue weighted by molar-refractivity contribution is 6.33. The summed E-state index contributed by atoms with van der Waals surface area (Å²) >= 11 is 0. The second-order valence-corrected chi connectivity index (χ2v) is 8.65. The van der Waals surface area contributed by atoms with E-state index in [4.69, 9.17) is 0 Å². The number of rotatable bonds is 5. The van der Waals surface area contributed by atoms with Crippen LogP contribution in [-0.2, 0) is 0 Å². The molecule has 4 amide bonds. The molecule has 2 aliphatic heterocycles. The van der Waals surface area contributed by atoms with Gasteiger partial charge in [-0.2, -0.15) is 0 Å². The molecule has 0 saturated carbocycles. The maximum absolute atomic E-state index is 13.2. The van der Waals surface area contributed by atoms with Gasteiger partial charge in [-0.05, 0) is 50.5 Å². The molecule has 2 aromatic rings. The van der Waals surface area contributed by atoms with Gasteiger partial charge in [-0.3, -0.25) is 29.0 Å². The Kier molecular flexibility index (Phi) is 4.76. The van der Waals surface area contributed by atoms with Gasteiger partial charge in [0.2, 0.25) is 0 Å². The molecule has 2 unspecified atom stereocenters. The lowest BCUT2D eigenvalue weighted by molar-refractivity contribution is 0.0501. The number of nitrogens with zero attached hydrogens (tertiary/aromatic N) is 2. The van der Waals surface area contributed by atoms with Gasteiger partial charge in [0.05, 0.1) is 0 Å². The average Bonchev–Trinajstić information content (AvgIpc) is 2.70. The van der Waals surface area contributed by atoms with E-state index in [0.717, 1.165) is 6.42 Å². The fraction of sp³-hybridized carbons (Fsp3) is 0.417. The molecule has 156 valence electrons. The molecule has 0 aliphatic carbocycles. The molecule has 0 saturated heterocycles. The standard InChI is InChI=1S/C24H26N2O4/c1-6-7-13(4)25-21(27)15-8-10-17-20-18(11-9-16(19(15)20)22(25)28)24(30)26(23(17)29)14(5)12(2)3/h8-14H,6-7H2,1-5H3. The normalized spacial score (nSPS) is 17.9. The van der Waals surface area contributed by atoms with Crippen LogP contribution in [0.25, 0.3) is 10.8 Å². The molecule has 2 aromatic carbocycles. The third kappa shape index (κ3) is 2.62. The first kappa shape index (κ1) is 20.3. The summed E-state index contributed by atoms with van der Waals surface area (Å²) in [6, 6.07) is 5.99. The van der Waals surface area contributed by atoms with Gasteiger partial charge in [-0.25, -0.2) is 0 Å². The van der Waals surface area contributed by atoms with E-state index in [1.807, 2.05) is 34.6 Å². The van der Waals surface area contributed by atoms with Gasteiger partial charge < -0.3 is 0 Å². The number of carbonyl (C=O) groups excluding carboxylic acids is 4. The molecule has 6 nitrogen and oxygen atoms in total. The summed E-state index contributed by atoms with van der Waals surface area (Å²) in [5.74, 6) is -1.38. The van der Waals surface area contributed by atoms with E-state index in [-0.39, 0.29) is 41.6 Å². The van der Waals surface area contributed by atoms with E-state index in [1.165, 1.54) is 9.80 Å². The SMILES string of the molecule is CCCC(C)N1C(=O)c2ccc3c4c(ccc(c24)C1=O)C(=O)N(C(C)C(C)C)C3=O. The topological polar surface area (TPSA) is 74.8 Å². The van der Waals surface area contributed by atoms with Crippen LogP contribution in [0.3, 0.4) is 0 Å². The number of amides is 4. The fourth-order valence-corrected chi connectivity index (χ4v) is 4.53. The summed E-state index contributed by atoms with van der Waals surface area (Å²) in [7, 11) is 0. The minimum atomic E-state index is -0.376. The highest BCUT2D eigenvalue weighted by Crippen LogP contribution is 2.39. The van der Waals surface area contributed by atoms with Gasteiger partial charge in [0.15, 0.2) is 0 Å². The number of benzene rings is 2. The minimum Gasteiger partial charge on any atom is -0.272 e. The predicted octanol–water partition coefficient (Wildman–Crippen LogP) is 4.26. The van der Waals surface area contributed by atoms with Crippen LogP contribution in [0.2, 0.25) is 0 Å². The summed E-state index contributed by atoms with van der Waals surface area (Å²) in [5, 5.41) is 0.857. The maximum atomic E-state index is 13.2. The van der Waals surface area contributed by atoms with Crippen molar-refractivity contribution in [1.82, 2.24) is 9.80 Å². The zero-order valence-electron chi connectivity index (χ0n) is 18.0. The van der Waals surface area contributed by atoms with Gasteiger partial charge in [0.1, 0.15) is 0 Å². The molecule has 0 spiro atoms. The van der Waals surface area contributed by atoms with Crippen LogP contribution < -0.4 is 0 Å². The largest absolute Gasteiger partial charge is 0.272 e. The quantitative estimate of drug-likeness (QED) is 0.695. The van der Waals surface area contributed by atoms with Crippen molar-refractivity contribution in [2.75, 3.05) is 0 Å². The summed E-state index contributed by atoms with van der Waals surface area (Å²) in [6.45, 7) is 9.66. The zero-order chi connectivity index (χ0) is 21.9. The Morgan fingerprint density at radius 1 is 0.667 bits per heavy atom. The van der Waals surface area contributed by atoms with E-state index in [1.54, 1.807) is 24.3 Å². The van der Waals surface area contributed by atoms with Crippen LogP contribution in [0.5, 0.6) is 0 Å². The highest BCUT2D eigenvalue weighted by atomic mass is 16.2. The smallest absolute Gasteiger partial charge is 0.261 e. The van der Waals surface area contributed by atoms with E-state index in [2.05, 4.69) is 0 Å². The first-order valence-electron chi connectivity index (χ1n) is 10.6. The van der Waals surface area contributed by atoms with E-state index >= 15 is 0 Å². The lowest BCUT2D eigenvalue weighted by Crippen LogP contribution is -2.49. The van der Waals surface area contributed by atoms with Gasteiger partial charge >= 0.3 is 0 Å². The number of carbonyl (C=O) groups is 4. The van der Waals surface area contributed by atoms with Gasteiger partial charge in [-0.1, -0.05) is 27.2 Å². The van der Waals surface area contributed by atoms with E-state index in [0.29, 0.717) is 39.4 Å². The molecule has 6 heteroatoms. The van der Waals surface area contributed by atoms with Crippen molar-refractivity contribution < 1.29 is 19.2 Å². The van der Waals surface area contributed by atoms with Crippen LogP contribution >= 0.6 is 0 Å². The van der Waals surface area contributed by atoms with Crippen LogP contribution in [0.15, 0.2) is 24.3 Å². The molecular formula is C24H26N2O4. The highest BCUT2D eigenvalue weighted by Gasteiger charge is 2.42. The fourth-order valence-electron chi connectivity index (χ4n) is 4.53. The third-order valence-electron chi connectivity index (χ3n) is 6.48. The lowest BCUT2D eigenvalue weighted by Gasteiger charge is -2.36. The minimum absolute atomic E-state index is 0.101. The summed E-state index contributed by atoms with van der Waals surface area (Å²) in [4.78, 5) is 55.5. The molecule has 2 aliphatic rings. The first-order valence-corrected chi connectivity index (χ1v) is 10.6. The maximum Gasteiger partial charge on any atom is 0.261 e. The van der Waals surface area contributed by atoms with Gasteiger partial charge in [-0.15, -0.1) is 0 Å². The second kappa shape index (κ2) is 7.04. The summed E-state index contributed by atoms with van der Waals surface area (Å²) in [6.07, 6.45) is 1.57. The molecule has 0 aromatic heterocycles.